The monoisotopic (exact) mass is 288 g/mol. The van der Waals surface area contributed by atoms with Gasteiger partial charge in [0.2, 0.25) is 0 Å². The minimum Gasteiger partial charge on any atom is -1.00 e. The molecule has 19 heavy (non-hydrogen) atoms. The maximum Gasteiger partial charge on any atom is 1.00 e. The second-order valence-corrected chi connectivity index (χ2v) is 5.15. The average Bonchev–Trinajstić information content (AvgIpc) is 2.37. The molecule has 0 bridgehead atoms. The Hall–Kier alpha value is -0.850. The van der Waals surface area contributed by atoms with E-state index in [9.17, 15) is 8.42 Å². The van der Waals surface area contributed by atoms with Crippen LogP contribution in [0.15, 0.2) is 59.5 Å². The van der Waals surface area contributed by atoms with Crippen molar-refractivity contribution in [3.8, 4) is 5.75 Å². The summed E-state index contributed by atoms with van der Waals surface area (Å²) in [4.78, 5) is -0.173. The van der Waals surface area contributed by atoms with E-state index in [1.807, 2.05) is 30.3 Å². The second-order valence-electron chi connectivity index (χ2n) is 3.72. The van der Waals surface area contributed by atoms with Crippen molar-refractivity contribution in [2.75, 3.05) is 0 Å². The van der Waals surface area contributed by atoms with Crippen LogP contribution in [-0.2, 0) is 16.7 Å². The normalized spacial score (nSPS) is 10.6. The SMILES string of the molecule is O=S(=O)(O)c1cccc(OCc2ccccc2)c1.[H-].[Na+]. The Morgan fingerprint density at radius 2 is 1.74 bits per heavy atom. The van der Waals surface area contributed by atoms with Crippen LogP contribution >= 0.6 is 0 Å². The van der Waals surface area contributed by atoms with E-state index in [0.717, 1.165) is 5.56 Å². The van der Waals surface area contributed by atoms with Crippen LogP contribution in [0.3, 0.4) is 0 Å². The Morgan fingerprint density at radius 3 is 2.37 bits per heavy atom. The fraction of sp³-hybridized carbons (Fsp3) is 0.0769. The molecular weight excluding hydrogens is 275 g/mol. The van der Waals surface area contributed by atoms with Gasteiger partial charge in [0.15, 0.2) is 0 Å². The summed E-state index contributed by atoms with van der Waals surface area (Å²) in [5.74, 6) is 0.397. The van der Waals surface area contributed by atoms with Crippen LogP contribution in [0.1, 0.15) is 6.99 Å². The molecule has 1 N–H and O–H groups in total. The van der Waals surface area contributed by atoms with Gasteiger partial charge in [0.25, 0.3) is 10.1 Å². The van der Waals surface area contributed by atoms with Crippen LogP contribution in [0.5, 0.6) is 5.75 Å². The van der Waals surface area contributed by atoms with Gasteiger partial charge in [0.1, 0.15) is 12.4 Å². The Balaban J connectivity index is 0.00000180. The molecule has 0 aromatic heterocycles. The van der Waals surface area contributed by atoms with E-state index in [0.29, 0.717) is 12.4 Å². The number of ether oxygens (including phenoxy) is 1. The third kappa shape index (κ3) is 4.97. The van der Waals surface area contributed by atoms with Crippen molar-refractivity contribution in [1.82, 2.24) is 0 Å². The molecule has 96 valence electrons. The summed E-state index contributed by atoms with van der Waals surface area (Å²) in [6.07, 6.45) is 0. The minimum absolute atomic E-state index is 0. The first-order valence-electron chi connectivity index (χ1n) is 5.30. The molecule has 0 heterocycles. The quantitative estimate of drug-likeness (QED) is 0.616. The van der Waals surface area contributed by atoms with Gasteiger partial charge in [-0.05, 0) is 17.7 Å². The molecule has 2 rings (SSSR count). The van der Waals surface area contributed by atoms with E-state index in [1.54, 1.807) is 6.07 Å². The summed E-state index contributed by atoms with van der Waals surface area (Å²) < 4.78 is 36.3. The number of hydrogen-bond acceptors (Lipinski definition) is 3. The van der Waals surface area contributed by atoms with Crippen LogP contribution in [-0.4, -0.2) is 13.0 Å². The first kappa shape index (κ1) is 16.2. The standard InChI is InChI=1S/C13H12O4S.Na.H/c14-18(15,16)13-8-4-7-12(9-13)17-10-11-5-2-1-3-6-11;;/h1-9H,10H2,(H,14,15,16);;/q;+1;-1. The van der Waals surface area contributed by atoms with E-state index < -0.39 is 10.1 Å². The van der Waals surface area contributed by atoms with Crippen molar-refractivity contribution in [2.45, 2.75) is 11.5 Å². The third-order valence-corrected chi connectivity index (χ3v) is 3.20. The predicted octanol–water partition coefficient (Wildman–Crippen LogP) is -0.371. The van der Waals surface area contributed by atoms with Gasteiger partial charge in [-0.3, -0.25) is 4.55 Å². The van der Waals surface area contributed by atoms with Crippen molar-refractivity contribution >= 4 is 10.1 Å². The van der Waals surface area contributed by atoms with Gasteiger partial charge >= 0.3 is 29.6 Å². The number of hydrogen-bond donors (Lipinski definition) is 1. The summed E-state index contributed by atoms with van der Waals surface area (Å²) in [6, 6.07) is 15.3. The van der Waals surface area contributed by atoms with Gasteiger partial charge in [-0.15, -0.1) is 0 Å². The third-order valence-electron chi connectivity index (χ3n) is 2.35. The van der Waals surface area contributed by atoms with Gasteiger partial charge in [-0.1, -0.05) is 36.4 Å². The van der Waals surface area contributed by atoms with Crippen LogP contribution in [0.25, 0.3) is 0 Å². The number of rotatable bonds is 4. The topological polar surface area (TPSA) is 63.6 Å². The first-order chi connectivity index (χ1) is 8.55. The molecule has 0 atom stereocenters. The molecule has 4 nitrogen and oxygen atoms in total. The summed E-state index contributed by atoms with van der Waals surface area (Å²) >= 11 is 0. The van der Waals surface area contributed by atoms with Gasteiger partial charge in [-0.25, -0.2) is 0 Å². The van der Waals surface area contributed by atoms with E-state index in [-0.39, 0.29) is 35.9 Å². The molecule has 0 saturated heterocycles. The van der Waals surface area contributed by atoms with Crippen LogP contribution in [0, 0.1) is 0 Å². The molecule has 0 saturated carbocycles. The molecule has 0 spiro atoms. The van der Waals surface area contributed by atoms with Crippen LogP contribution in [0.4, 0.5) is 0 Å². The summed E-state index contributed by atoms with van der Waals surface area (Å²) in [7, 11) is -4.19. The fourth-order valence-electron chi connectivity index (χ4n) is 1.47. The van der Waals surface area contributed by atoms with Crippen LogP contribution < -0.4 is 34.3 Å². The summed E-state index contributed by atoms with van der Waals surface area (Å²) in [5.41, 5.74) is 0.981. The minimum atomic E-state index is -4.19. The summed E-state index contributed by atoms with van der Waals surface area (Å²) in [6.45, 7) is 0.343. The number of benzene rings is 2. The van der Waals surface area contributed by atoms with Gasteiger partial charge in [0, 0.05) is 6.07 Å². The zero-order valence-corrected chi connectivity index (χ0v) is 13.3. The fourth-order valence-corrected chi connectivity index (χ4v) is 1.98. The molecular formula is C13H13NaO4S. The van der Waals surface area contributed by atoms with Crippen molar-refractivity contribution in [1.29, 1.82) is 0 Å². The second kappa shape index (κ2) is 7.07. The van der Waals surface area contributed by atoms with E-state index in [1.165, 1.54) is 18.2 Å². The first-order valence-corrected chi connectivity index (χ1v) is 6.74. The smallest absolute Gasteiger partial charge is 1.00 e. The molecule has 0 amide bonds. The maximum atomic E-state index is 11.0. The molecule has 0 radical (unpaired) electrons. The Morgan fingerprint density at radius 1 is 1.05 bits per heavy atom. The van der Waals surface area contributed by atoms with Crippen molar-refractivity contribution < 1.29 is 48.7 Å². The zero-order valence-electron chi connectivity index (χ0n) is 11.5. The molecule has 0 fully saturated rings. The summed E-state index contributed by atoms with van der Waals surface area (Å²) in [5, 5.41) is 0. The molecule has 2 aromatic carbocycles. The Bertz CT molecular complexity index is 632. The Labute approximate surface area is 135 Å². The molecule has 0 aliphatic carbocycles. The molecule has 6 heteroatoms. The predicted molar refractivity (Wildman–Crippen MR) is 68.1 cm³/mol. The Kier molecular flexibility index (Phi) is 6.03. The zero-order chi connectivity index (χ0) is 13.0. The van der Waals surface area contributed by atoms with Gasteiger partial charge < -0.3 is 6.16 Å². The average molecular weight is 288 g/mol. The van der Waals surface area contributed by atoms with E-state index in [2.05, 4.69) is 0 Å². The van der Waals surface area contributed by atoms with Gasteiger partial charge in [0.05, 0.1) is 4.90 Å². The molecule has 0 unspecified atom stereocenters. The van der Waals surface area contributed by atoms with E-state index >= 15 is 0 Å². The van der Waals surface area contributed by atoms with Crippen LogP contribution in [0.2, 0.25) is 0 Å². The molecule has 0 aliphatic rings. The van der Waals surface area contributed by atoms with Gasteiger partial charge in [-0.2, -0.15) is 8.42 Å². The molecule has 2 aromatic rings. The van der Waals surface area contributed by atoms with Crippen molar-refractivity contribution in [3.05, 3.63) is 60.2 Å². The molecule has 0 aliphatic heterocycles. The van der Waals surface area contributed by atoms with E-state index in [4.69, 9.17) is 9.29 Å². The maximum absolute atomic E-state index is 11.0. The largest absolute Gasteiger partial charge is 1.00 e. The van der Waals surface area contributed by atoms with Crippen molar-refractivity contribution in [3.63, 3.8) is 0 Å². The van der Waals surface area contributed by atoms with Crippen molar-refractivity contribution in [2.24, 2.45) is 0 Å².